The first-order valence-corrected chi connectivity index (χ1v) is 7.09. The first-order chi connectivity index (χ1) is 9.40. The molecule has 2 N–H and O–H groups in total. The van der Waals surface area contributed by atoms with Crippen LogP contribution in [0.4, 0.5) is 0 Å². The molecule has 1 fully saturated rings. The molecule has 0 atom stereocenters. The number of hydrogen-bond donors (Lipinski definition) is 1. The normalized spacial score (nSPS) is 16.4. The second-order valence-corrected chi connectivity index (χ2v) is 5.69. The Morgan fingerprint density at radius 2 is 1.90 bits per heavy atom. The summed E-state index contributed by atoms with van der Waals surface area (Å²) < 4.78 is 2.10. The number of nitrogens with zero attached hydrogens (tertiary/aromatic N) is 2. The number of amides is 2. The molecule has 0 unspecified atom stereocenters. The molecular formula is C15H23N3O2. The van der Waals surface area contributed by atoms with Gasteiger partial charge in [0.25, 0.3) is 0 Å². The number of likely N-dealkylation sites (tertiary alicyclic amines) is 1. The van der Waals surface area contributed by atoms with Crippen LogP contribution in [0.5, 0.6) is 0 Å². The number of aromatic nitrogens is 1. The van der Waals surface area contributed by atoms with E-state index in [1.807, 2.05) is 25.8 Å². The van der Waals surface area contributed by atoms with Crippen LogP contribution >= 0.6 is 0 Å². The lowest BCUT2D eigenvalue weighted by Crippen LogP contribution is -2.42. The van der Waals surface area contributed by atoms with Gasteiger partial charge in [-0.15, -0.1) is 0 Å². The van der Waals surface area contributed by atoms with Gasteiger partial charge in [0.2, 0.25) is 11.8 Å². The lowest BCUT2D eigenvalue weighted by Gasteiger charge is -2.30. The van der Waals surface area contributed by atoms with Crippen molar-refractivity contribution in [3.8, 4) is 0 Å². The van der Waals surface area contributed by atoms with Crippen LogP contribution < -0.4 is 5.73 Å². The Kier molecular flexibility index (Phi) is 4.16. The average Bonchev–Trinajstić information content (AvgIpc) is 2.66. The Hall–Kier alpha value is -1.78. The molecule has 5 nitrogen and oxygen atoms in total. The fraction of sp³-hybridized carbons (Fsp3) is 0.600. The average molecular weight is 277 g/mol. The van der Waals surface area contributed by atoms with Crippen molar-refractivity contribution in [3.05, 3.63) is 23.0 Å². The van der Waals surface area contributed by atoms with Gasteiger partial charge in [0.1, 0.15) is 0 Å². The molecule has 0 aromatic carbocycles. The van der Waals surface area contributed by atoms with E-state index < -0.39 is 0 Å². The van der Waals surface area contributed by atoms with Crippen LogP contribution in [-0.2, 0) is 23.1 Å². The molecule has 0 bridgehead atoms. The van der Waals surface area contributed by atoms with Gasteiger partial charge in [-0.25, -0.2) is 0 Å². The van der Waals surface area contributed by atoms with Crippen LogP contribution in [0.1, 0.15) is 29.8 Å². The third-order valence-corrected chi connectivity index (χ3v) is 4.47. The molecule has 2 heterocycles. The number of primary amides is 1. The topological polar surface area (TPSA) is 68.3 Å². The minimum absolute atomic E-state index is 0.0697. The van der Waals surface area contributed by atoms with E-state index in [2.05, 4.69) is 10.6 Å². The molecule has 2 amide bonds. The van der Waals surface area contributed by atoms with Gasteiger partial charge in [-0.3, -0.25) is 9.59 Å². The Labute approximate surface area is 119 Å². The van der Waals surface area contributed by atoms with E-state index in [4.69, 9.17) is 5.73 Å². The number of nitrogens with two attached hydrogens (primary N) is 1. The van der Waals surface area contributed by atoms with Gasteiger partial charge in [0.05, 0.1) is 6.42 Å². The minimum Gasteiger partial charge on any atom is -0.369 e. The van der Waals surface area contributed by atoms with E-state index in [-0.39, 0.29) is 17.7 Å². The number of carbonyl (C=O) groups excluding carboxylic acids is 2. The van der Waals surface area contributed by atoms with Crippen LogP contribution in [-0.4, -0.2) is 34.4 Å². The molecule has 1 aliphatic rings. The molecule has 0 radical (unpaired) electrons. The van der Waals surface area contributed by atoms with Gasteiger partial charge in [0, 0.05) is 37.4 Å². The van der Waals surface area contributed by atoms with Crippen molar-refractivity contribution in [2.75, 3.05) is 13.1 Å². The van der Waals surface area contributed by atoms with Crippen LogP contribution in [0, 0.1) is 19.8 Å². The Balaban J connectivity index is 1.96. The molecule has 0 aliphatic carbocycles. The zero-order valence-electron chi connectivity index (χ0n) is 12.5. The molecule has 1 saturated heterocycles. The number of carbonyl (C=O) groups is 2. The summed E-state index contributed by atoms with van der Waals surface area (Å²) in [5.74, 6) is -0.173. The third-order valence-electron chi connectivity index (χ3n) is 4.47. The molecule has 0 saturated carbocycles. The highest BCUT2D eigenvalue weighted by Crippen LogP contribution is 2.19. The highest BCUT2D eigenvalue weighted by Gasteiger charge is 2.26. The highest BCUT2D eigenvalue weighted by atomic mass is 16.2. The maximum absolute atomic E-state index is 12.3. The summed E-state index contributed by atoms with van der Waals surface area (Å²) in [6.07, 6.45) is 1.82. The summed E-state index contributed by atoms with van der Waals surface area (Å²) in [7, 11) is 2.01. The summed E-state index contributed by atoms with van der Waals surface area (Å²) in [5.41, 5.74) is 8.70. The number of rotatable bonds is 3. The van der Waals surface area contributed by atoms with Crippen molar-refractivity contribution in [2.45, 2.75) is 33.1 Å². The van der Waals surface area contributed by atoms with Gasteiger partial charge in [-0.05, 0) is 38.3 Å². The SMILES string of the molecule is Cc1cc(CC(=O)N2CCC(C(N)=O)CC2)c(C)n1C. The monoisotopic (exact) mass is 277 g/mol. The second kappa shape index (κ2) is 5.69. The Morgan fingerprint density at radius 1 is 1.30 bits per heavy atom. The fourth-order valence-electron chi connectivity index (χ4n) is 2.80. The number of aryl methyl sites for hydroxylation is 1. The molecule has 1 aliphatic heterocycles. The second-order valence-electron chi connectivity index (χ2n) is 5.69. The van der Waals surface area contributed by atoms with Crippen molar-refractivity contribution in [2.24, 2.45) is 18.7 Å². The molecule has 20 heavy (non-hydrogen) atoms. The molecule has 110 valence electrons. The largest absolute Gasteiger partial charge is 0.369 e. The van der Waals surface area contributed by atoms with Gasteiger partial charge in [0.15, 0.2) is 0 Å². The molecule has 2 rings (SSSR count). The molecule has 0 spiro atoms. The molecular weight excluding hydrogens is 254 g/mol. The fourth-order valence-corrected chi connectivity index (χ4v) is 2.80. The van der Waals surface area contributed by atoms with Gasteiger partial charge < -0.3 is 15.2 Å². The quantitative estimate of drug-likeness (QED) is 0.892. The van der Waals surface area contributed by atoms with Crippen LogP contribution in [0.3, 0.4) is 0 Å². The van der Waals surface area contributed by atoms with E-state index in [0.29, 0.717) is 32.4 Å². The predicted molar refractivity (Wildman–Crippen MR) is 77.1 cm³/mol. The molecule has 5 heteroatoms. The predicted octanol–water partition coefficient (Wildman–Crippen LogP) is 0.908. The first kappa shape index (κ1) is 14.6. The van der Waals surface area contributed by atoms with Crippen molar-refractivity contribution < 1.29 is 9.59 Å². The maximum Gasteiger partial charge on any atom is 0.227 e. The smallest absolute Gasteiger partial charge is 0.227 e. The molecule has 1 aromatic rings. The third kappa shape index (κ3) is 2.86. The summed E-state index contributed by atoms with van der Waals surface area (Å²) >= 11 is 0. The summed E-state index contributed by atoms with van der Waals surface area (Å²) in [5, 5.41) is 0. The van der Waals surface area contributed by atoms with Gasteiger partial charge in [-0.1, -0.05) is 0 Å². The van der Waals surface area contributed by atoms with E-state index in [0.717, 1.165) is 17.0 Å². The standard InChI is InChI=1S/C15H23N3O2/c1-10-8-13(11(2)17(10)3)9-14(19)18-6-4-12(5-7-18)15(16)20/h8,12H,4-7,9H2,1-3H3,(H2,16,20). The minimum atomic E-state index is -0.244. The van der Waals surface area contributed by atoms with Crippen LogP contribution in [0.25, 0.3) is 0 Å². The maximum atomic E-state index is 12.3. The van der Waals surface area contributed by atoms with Crippen LogP contribution in [0.2, 0.25) is 0 Å². The van der Waals surface area contributed by atoms with Crippen molar-refractivity contribution in [1.82, 2.24) is 9.47 Å². The number of hydrogen-bond acceptors (Lipinski definition) is 2. The first-order valence-electron chi connectivity index (χ1n) is 7.09. The van der Waals surface area contributed by atoms with E-state index in [1.165, 1.54) is 0 Å². The van der Waals surface area contributed by atoms with Crippen molar-refractivity contribution in [1.29, 1.82) is 0 Å². The van der Waals surface area contributed by atoms with Crippen molar-refractivity contribution >= 4 is 11.8 Å². The zero-order valence-corrected chi connectivity index (χ0v) is 12.5. The highest BCUT2D eigenvalue weighted by molar-refractivity contribution is 5.80. The Morgan fingerprint density at radius 3 is 2.35 bits per heavy atom. The van der Waals surface area contributed by atoms with E-state index >= 15 is 0 Å². The summed E-state index contributed by atoms with van der Waals surface area (Å²) in [4.78, 5) is 25.3. The lowest BCUT2D eigenvalue weighted by atomic mass is 9.96. The lowest BCUT2D eigenvalue weighted by molar-refractivity contribution is -0.134. The van der Waals surface area contributed by atoms with Gasteiger partial charge >= 0.3 is 0 Å². The summed E-state index contributed by atoms with van der Waals surface area (Å²) in [6.45, 7) is 5.35. The van der Waals surface area contributed by atoms with Crippen LogP contribution in [0.15, 0.2) is 6.07 Å². The zero-order chi connectivity index (χ0) is 14.9. The van der Waals surface area contributed by atoms with E-state index in [1.54, 1.807) is 0 Å². The number of piperidine rings is 1. The molecule has 1 aromatic heterocycles. The van der Waals surface area contributed by atoms with Gasteiger partial charge in [-0.2, -0.15) is 0 Å². The van der Waals surface area contributed by atoms with Crippen molar-refractivity contribution in [3.63, 3.8) is 0 Å². The Bertz CT molecular complexity index is 525. The summed E-state index contributed by atoms with van der Waals surface area (Å²) in [6, 6.07) is 2.07. The van der Waals surface area contributed by atoms with E-state index in [9.17, 15) is 9.59 Å².